The molecule has 0 saturated carbocycles. The number of allylic oxidation sites excluding steroid dienone is 2. The van der Waals surface area contributed by atoms with Gasteiger partial charge in [-0.1, -0.05) is 31.4 Å². The maximum atomic E-state index is 5.56. The molecule has 0 amide bonds. The van der Waals surface area contributed by atoms with E-state index >= 15 is 0 Å². The molecule has 0 nitrogen and oxygen atoms in total. The lowest BCUT2D eigenvalue weighted by atomic mass is 10.1. The first-order chi connectivity index (χ1) is 5.91. The molecule has 2 heteroatoms. The normalized spacial score (nSPS) is 11.2. The highest BCUT2D eigenvalue weighted by molar-refractivity contribution is 6.18. The summed E-state index contributed by atoms with van der Waals surface area (Å²) in [4.78, 5) is 0. The van der Waals surface area contributed by atoms with Gasteiger partial charge in [0.05, 0.1) is 0 Å². The van der Waals surface area contributed by atoms with Crippen molar-refractivity contribution in [2.45, 2.75) is 38.5 Å². The second kappa shape index (κ2) is 11.3. The monoisotopic (exact) mass is 208 g/mol. The van der Waals surface area contributed by atoms with E-state index in [1.165, 1.54) is 38.5 Å². The number of alkyl halides is 2. The maximum Gasteiger partial charge on any atom is 0.0404 e. The van der Waals surface area contributed by atoms with Gasteiger partial charge < -0.3 is 0 Å². The van der Waals surface area contributed by atoms with Crippen molar-refractivity contribution in [3.8, 4) is 0 Å². The summed E-state index contributed by atoms with van der Waals surface area (Å²) in [6, 6.07) is 0. The van der Waals surface area contributed by atoms with Crippen LogP contribution in [-0.4, -0.2) is 11.8 Å². The summed E-state index contributed by atoms with van der Waals surface area (Å²) >= 11 is 11.0. The van der Waals surface area contributed by atoms with Gasteiger partial charge in [-0.25, -0.2) is 0 Å². The fourth-order valence-electron chi connectivity index (χ4n) is 1.07. The first-order valence-corrected chi connectivity index (χ1v) is 5.75. The van der Waals surface area contributed by atoms with E-state index in [1.54, 1.807) is 0 Å². The Hall–Kier alpha value is 0.320. The molecule has 72 valence electrons. The Bertz CT molecular complexity index is 100. The lowest BCUT2D eigenvalue weighted by molar-refractivity contribution is 0.639. The van der Waals surface area contributed by atoms with Gasteiger partial charge in [0.25, 0.3) is 0 Å². The SMILES string of the molecule is ClCC=CCCCCCCCCl. The third-order valence-corrected chi connectivity index (χ3v) is 2.21. The van der Waals surface area contributed by atoms with E-state index in [0.29, 0.717) is 5.88 Å². The number of halogens is 2. The fraction of sp³-hybridized carbons (Fsp3) is 0.800. The molecule has 0 aliphatic carbocycles. The van der Waals surface area contributed by atoms with Gasteiger partial charge in [-0.15, -0.1) is 23.2 Å². The van der Waals surface area contributed by atoms with E-state index in [9.17, 15) is 0 Å². The van der Waals surface area contributed by atoms with E-state index in [0.717, 1.165) is 5.88 Å². The van der Waals surface area contributed by atoms with E-state index in [-0.39, 0.29) is 0 Å². The molecule has 0 bridgehead atoms. The van der Waals surface area contributed by atoms with E-state index in [2.05, 4.69) is 6.08 Å². The zero-order chi connectivity index (χ0) is 9.07. The van der Waals surface area contributed by atoms with Crippen molar-refractivity contribution in [1.29, 1.82) is 0 Å². The molecule has 0 spiro atoms. The molecule has 0 atom stereocenters. The minimum atomic E-state index is 0.645. The molecule has 0 unspecified atom stereocenters. The highest BCUT2D eigenvalue weighted by atomic mass is 35.5. The molecule has 0 rings (SSSR count). The Morgan fingerprint density at radius 3 is 2.08 bits per heavy atom. The summed E-state index contributed by atoms with van der Waals surface area (Å²) in [7, 11) is 0. The first-order valence-electron chi connectivity index (χ1n) is 4.68. The molecule has 0 aromatic carbocycles. The highest BCUT2D eigenvalue weighted by Gasteiger charge is 1.87. The van der Waals surface area contributed by atoms with Gasteiger partial charge in [0.2, 0.25) is 0 Å². The van der Waals surface area contributed by atoms with Gasteiger partial charge in [-0.3, -0.25) is 0 Å². The third kappa shape index (κ3) is 10.3. The van der Waals surface area contributed by atoms with Gasteiger partial charge in [0, 0.05) is 11.8 Å². The van der Waals surface area contributed by atoms with Crippen molar-refractivity contribution in [2.75, 3.05) is 11.8 Å². The van der Waals surface area contributed by atoms with Gasteiger partial charge >= 0.3 is 0 Å². The molecular weight excluding hydrogens is 191 g/mol. The van der Waals surface area contributed by atoms with Crippen LogP contribution in [0, 0.1) is 0 Å². The minimum absolute atomic E-state index is 0.645. The largest absolute Gasteiger partial charge is 0.127 e. The van der Waals surface area contributed by atoms with Crippen LogP contribution in [0.5, 0.6) is 0 Å². The van der Waals surface area contributed by atoms with Crippen LogP contribution in [0.3, 0.4) is 0 Å². The summed E-state index contributed by atoms with van der Waals surface area (Å²) in [6.45, 7) is 0. The van der Waals surface area contributed by atoms with Crippen LogP contribution in [0.1, 0.15) is 38.5 Å². The standard InChI is InChI=1S/C10H18Cl2/c11-9-7-5-3-1-2-4-6-8-10-12/h5,7H,1-4,6,8-10H2. The van der Waals surface area contributed by atoms with E-state index in [1.807, 2.05) is 6.08 Å². The van der Waals surface area contributed by atoms with Crippen molar-refractivity contribution in [3.05, 3.63) is 12.2 Å². The van der Waals surface area contributed by atoms with E-state index < -0.39 is 0 Å². The lowest BCUT2D eigenvalue weighted by Crippen LogP contribution is -1.79. The molecule has 0 N–H and O–H groups in total. The Labute approximate surface area is 85.9 Å². The molecule has 0 aromatic heterocycles. The van der Waals surface area contributed by atoms with Gasteiger partial charge in [-0.05, 0) is 19.3 Å². The Morgan fingerprint density at radius 2 is 1.42 bits per heavy atom. The number of hydrogen-bond acceptors (Lipinski definition) is 0. The predicted molar refractivity (Wildman–Crippen MR) is 58.3 cm³/mol. The van der Waals surface area contributed by atoms with Crippen molar-refractivity contribution in [1.82, 2.24) is 0 Å². The number of hydrogen-bond donors (Lipinski definition) is 0. The van der Waals surface area contributed by atoms with Crippen LogP contribution in [0.4, 0.5) is 0 Å². The van der Waals surface area contributed by atoms with Crippen LogP contribution >= 0.6 is 23.2 Å². The molecule has 0 radical (unpaired) electrons. The maximum absolute atomic E-state index is 5.56. The summed E-state index contributed by atoms with van der Waals surface area (Å²) in [5.41, 5.74) is 0. The quantitative estimate of drug-likeness (QED) is 0.316. The van der Waals surface area contributed by atoms with Crippen molar-refractivity contribution >= 4 is 23.2 Å². The molecule has 0 heterocycles. The zero-order valence-corrected chi connectivity index (χ0v) is 9.08. The summed E-state index contributed by atoms with van der Waals surface area (Å²) in [5, 5.41) is 0. The van der Waals surface area contributed by atoms with Crippen LogP contribution in [0.25, 0.3) is 0 Å². The lowest BCUT2D eigenvalue weighted by Gasteiger charge is -1.96. The van der Waals surface area contributed by atoms with Crippen LogP contribution in [0.2, 0.25) is 0 Å². The Kier molecular flexibility index (Phi) is 11.6. The Balaban J connectivity index is 2.86. The topological polar surface area (TPSA) is 0 Å². The van der Waals surface area contributed by atoms with Crippen molar-refractivity contribution < 1.29 is 0 Å². The predicted octanol–water partition coefficient (Wildman–Crippen LogP) is 4.36. The molecule has 0 fully saturated rings. The molecular formula is C10H18Cl2. The van der Waals surface area contributed by atoms with Crippen molar-refractivity contribution in [2.24, 2.45) is 0 Å². The Morgan fingerprint density at radius 1 is 0.750 bits per heavy atom. The van der Waals surface area contributed by atoms with Crippen LogP contribution in [-0.2, 0) is 0 Å². The third-order valence-electron chi connectivity index (χ3n) is 1.76. The van der Waals surface area contributed by atoms with Gasteiger partial charge in [0.15, 0.2) is 0 Å². The van der Waals surface area contributed by atoms with Gasteiger partial charge in [-0.2, -0.15) is 0 Å². The fourth-order valence-corrected chi connectivity index (χ4v) is 1.38. The zero-order valence-electron chi connectivity index (χ0n) is 7.57. The van der Waals surface area contributed by atoms with Gasteiger partial charge in [0.1, 0.15) is 0 Å². The minimum Gasteiger partial charge on any atom is -0.127 e. The second-order valence-corrected chi connectivity index (χ2v) is 3.56. The number of rotatable bonds is 8. The second-order valence-electron chi connectivity index (χ2n) is 2.87. The van der Waals surface area contributed by atoms with Crippen molar-refractivity contribution in [3.63, 3.8) is 0 Å². The van der Waals surface area contributed by atoms with E-state index in [4.69, 9.17) is 23.2 Å². The van der Waals surface area contributed by atoms with Crippen LogP contribution < -0.4 is 0 Å². The summed E-state index contributed by atoms with van der Waals surface area (Å²) in [5.74, 6) is 1.46. The highest BCUT2D eigenvalue weighted by Crippen LogP contribution is 2.06. The molecule has 12 heavy (non-hydrogen) atoms. The summed E-state index contributed by atoms with van der Waals surface area (Å²) in [6.07, 6.45) is 11.7. The molecule has 0 aromatic rings. The molecule has 0 aliphatic rings. The number of unbranched alkanes of at least 4 members (excludes halogenated alkanes) is 5. The molecule has 0 aliphatic heterocycles. The average Bonchev–Trinajstić information content (AvgIpc) is 2.10. The first kappa shape index (κ1) is 12.3. The smallest absolute Gasteiger partial charge is 0.0404 e. The van der Waals surface area contributed by atoms with Crippen LogP contribution in [0.15, 0.2) is 12.2 Å². The molecule has 0 saturated heterocycles. The average molecular weight is 209 g/mol. The summed E-state index contributed by atoms with van der Waals surface area (Å²) < 4.78 is 0.